The molecule has 1 amide bonds. The lowest BCUT2D eigenvalue weighted by Crippen LogP contribution is -2.28. The number of nitrogens with zero attached hydrogens (tertiary/aromatic N) is 2. The molecule has 1 aliphatic rings. The zero-order chi connectivity index (χ0) is 13.8. The molecule has 1 heterocycles. The third-order valence-corrected chi connectivity index (χ3v) is 3.65. The molecular weight excluding hydrogens is 244 g/mol. The second kappa shape index (κ2) is 5.82. The van der Waals surface area contributed by atoms with Gasteiger partial charge in [0.15, 0.2) is 0 Å². The maximum absolute atomic E-state index is 12.1. The first-order valence-electron chi connectivity index (χ1n) is 6.54. The molecule has 0 aliphatic heterocycles. The van der Waals surface area contributed by atoms with E-state index in [2.05, 4.69) is 4.98 Å². The molecule has 1 fully saturated rings. The number of carboxylic acids is 1. The Morgan fingerprint density at radius 1 is 1.37 bits per heavy atom. The van der Waals surface area contributed by atoms with E-state index in [9.17, 15) is 9.59 Å². The van der Waals surface area contributed by atoms with E-state index in [0.717, 1.165) is 12.8 Å². The van der Waals surface area contributed by atoms with Gasteiger partial charge in [-0.2, -0.15) is 0 Å². The van der Waals surface area contributed by atoms with Crippen molar-refractivity contribution >= 4 is 17.7 Å². The van der Waals surface area contributed by atoms with Crippen LogP contribution in [0.4, 0.5) is 5.82 Å². The Balaban J connectivity index is 1.99. The van der Waals surface area contributed by atoms with Gasteiger partial charge in [0, 0.05) is 19.7 Å². The Hall–Kier alpha value is -1.91. The van der Waals surface area contributed by atoms with Crippen molar-refractivity contribution in [3.8, 4) is 0 Å². The first-order chi connectivity index (χ1) is 9.08. The zero-order valence-corrected chi connectivity index (χ0v) is 11.0. The predicted molar refractivity (Wildman–Crippen MR) is 71.2 cm³/mol. The second-order valence-electron chi connectivity index (χ2n) is 5.02. The summed E-state index contributed by atoms with van der Waals surface area (Å²) in [7, 11) is 1.68. The van der Waals surface area contributed by atoms with Crippen LogP contribution in [-0.4, -0.2) is 29.0 Å². The van der Waals surface area contributed by atoms with Gasteiger partial charge in [0.25, 0.3) is 0 Å². The van der Waals surface area contributed by atoms with Crippen molar-refractivity contribution in [3.05, 3.63) is 23.9 Å². The molecular formula is C14H18N2O3. The number of rotatable bonds is 4. The van der Waals surface area contributed by atoms with Gasteiger partial charge in [-0.05, 0) is 30.9 Å². The minimum absolute atomic E-state index is 0.0440. The van der Waals surface area contributed by atoms with E-state index < -0.39 is 5.97 Å². The molecule has 0 radical (unpaired) electrons. The fourth-order valence-corrected chi connectivity index (χ4v) is 2.44. The van der Waals surface area contributed by atoms with Gasteiger partial charge in [-0.3, -0.25) is 9.69 Å². The van der Waals surface area contributed by atoms with Crippen molar-refractivity contribution in [1.29, 1.82) is 0 Å². The van der Waals surface area contributed by atoms with Crippen LogP contribution in [0.5, 0.6) is 0 Å². The summed E-state index contributed by atoms with van der Waals surface area (Å²) in [6, 6.07) is 3.03. The van der Waals surface area contributed by atoms with Crippen LogP contribution in [0, 0.1) is 5.92 Å². The molecule has 0 bridgehead atoms. The van der Waals surface area contributed by atoms with Gasteiger partial charge in [0.05, 0.1) is 5.56 Å². The molecule has 0 atom stereocenters. The van der Waals surface area contributed by atoms with Gasteiger partial charge >= 0.3 is 5.97 Å². The van der Waals surface area contributed by atoms with Crippen LogP contribution in [0.1, 0.15) is 42.5 Å². The molecule has 1 N–H and O–H groups in total. The highest BCUT2D eigenvalue weighted by atomic mass is 16.4. The van der Waals surface area contributed by atoms with Crippen molar-refractivity contribution < 1.29 is 14.7 Å². The van der Waals surface area contributed by atoms with E-state index >= 15 is 0 Å². The molecule has 2 rings (SSSR count). The molecule has 5 heteroatoms. The second-order valence-corrected chi connectivity index (χ2v) is 5.02. The Morgan fingerprint density at radius 3 is 2.58 bits per heavy atom. The van der Waals surface area contributed by atoms with Crippen molar-refractivity contribution in [2.75, 3.05) is 11.9 Å². The van der Waals surface area contributed by atoms with Gasteiger partial charge in [0.2, 0.25) is 5.91 Å². The van der Waals surface area contributed by atoms with E-state index in [-0.39, 0.29) is 11.5 Å². The minimum atomic E-state index is -1.01. The molecule has 1 aromatic heterocycles. The Morgan fingerprint density at radius 2 is 2.05 bits per heavy atom. The number of pyridine rings is 1. The van der Waals surface area contributed by atoms with E-state index in [1.54, 1.807) is 13.1 Å². The van der Waals surface area contributed by atoms with Crippen molar-refractivity contribution in [2.24, 2.45) is 5.92 Å². The third-order valence-electron chi connectivity index (χ3n) is 3.65. The van der Waals surface area contributed by atoms with Crippen LogP contribution in [0.3, 0.4) is 0 Å². The van der Waals surface area contributed by atoms with Gasteiger partial charge in [-0.25, -0.2) is 9.78 Å². The molecule has 0 saturated heterocycles. The number of aromatic carboxylic acids is 1. The van der Waals surface area contributed by atoms with Gasteiger partial charge in [-0.1, -0.05) is 12.8 Å². The summed E-state index contributed by atoms with van der Waals surface area (Å²) in [4.78, 5) is 28.3. The number of amides is 1. The molecule has 1 saturated carbocycles. The highest BCUT2D eigenvalue weighted by molar-refractivity contribution is 5.92. The number of carboxylic acid groups (broad SMARTS) is 1. The maximum Gasteiger partial charge on any atom is 0.337 e. The summed E-state index contributed by atoms with van der Waals surface area (Å²) in [5, 5.41) is 8.79. The van der Waals surface area contributed by atoms with Gasteiger partial charge < -0.3 is 5.11 Å². The number of anilines is 1. The monoisotopic (exact) mass is 262 g/mol. The molecule has 0 aromatic carbocycles. The third kappa shape index (κ3) is 3.30. The number of hydrogen-bond acceptors (Lipinski definition) is 3. The summed E-state index contributed by atoms with van der Waals surface area (Å²) in [6.45, 7) is 0. The van der Waals surface area contributed by atoms with Crippen molar-refractivity contribution in [2.45, 2.75) is 32.1 Å². The number of carbonyl (C=O) groups is 2. The molecule has 0 spiro atoms. The van der Waals surface area contributed by atoms with Crippen LogP contribution < -0.4 is 4.90 Å². The molecule has 0 unspecified atom stereocenters. The summed E-state index contributed by atoms with van der Waals surface area (Å²) < 4.78 is 0. The van der Waals surface area contributed by atoms with Crippen LogP contribution >= 0.6 is 0 Å². The average molecular weight is 262 g/mol. The maximum atomic E-state index is 12.1. The number of aromatic nitrogens is 1. The first-order valence-corrected chi connectivity index (χ1v) is 6.54. The zero-order valence-electron chi connectivity index (χ0n) is 11.0. The summed E-state index contributed by atoms with van der Waals surface area (Å²) in [5.41, 5.74) is 0.125. The van der Waals surface area contributed by atoms with E-state index in [0.29, 0.717) is 18.2 Å². The van der Waals surface area contributed by atoms with Gasteiger partial charge in [-0.15, -0.1) is 0 Å². The van der Waals surface area contributed by atoms with Crippen LogP contribution in [0.25, 0.3) is 0 Å². The minimum Gasteiger partial charge on any atom is -0.478 e. The van der Waals surface area contributed by atoms with Crippen LogP contribution in [-0.2, 0) is 4.79 Å². The molecule has 102 valence electrons. The Labute approximate surface area is 112 Å². The summed E-state index contributed by atoms with van der Waals surface area (Å²) >= 11 is 0. The van der Waals surface area contributed by atoms with Crippen LogP contribution in [0.15, 0.2) is 18.3 Å². The van der Waals surface area contributed by atoms with E-state index in [1.165, 1.54) is 30.0 Å². The highest BCUT2D eigenvalue weighted by Gasteiger charge is 2.21. The number of carbonyl (C=O) groups excluding carboxylic acids is 1. The van der Waals surface area contributed by atoms with E-state index in [4.69, 9.17) is 5.11 Å². The topological polar surface area (TPSA) is 70.5 Å². The Bertz CT molecular complexity index is 464. The van der Waals surface area contributed by atoms with Crippen molar-refractivity contribution in [1.82, 2.24) is 4.98 Å². The van der Waals surface area contributed by atoms with Crippen LogP contribution in [0.2, 0.25) is 0 Å². The summed E-state index contributed by atoms with van der Waals surface area (Å²) in [5.74, 6) is 0.0164. The summed E-state index contributed by atoms with van der Waals surface area (Å²) in [6.07, 6.45) is 6.52. The smallest absolute Gasteiger partial charge is 0.337 e. The fourth-order valence-electron chi connectivity index (χ4n) is 2.44. The first kappa shape index (κ1) is 13.5. The van der Waals surface area contributed by atoms with Gasteiger partial charge in [0.1, 0.15) is 5.82 Å². The lowest BCUT2D eigenvalue weighted by atomic mass is 10.0. The highest BCUT2D eigenvalue weighted by Crippen LogP contribution is 2.28. The normalized spacial score (nSPS) is 15.4. The molecule has 19 heavy (non-hydrogen) atoms. The average Bonchev–Trinajstić information content (AvgIpc) is 2.90. The lowest BCUT2D eigenvalue weighted by molar-refractivity contribution is -0.119. The predicted octanol–water partition coefficient (Wildman–Crippen LogP) is 2.32. The lowest BCUT2D eigenvalue weighted by Gasteiger charge is -2.18. The Kier molecular flexibility index (Phi) is 4.14. The van der Waals surface area contributed by atoms with Crippen molar-refractivity contribution in [3.63, 3.8) is 0 Å². The quantitative estimate of drug-likeness (QED) is 0.904. The standard InChI is InChI=1S/C14H18N2O3/c1-16(13(17)8-10-4-2-3-5-10)12-7-6-11(9-15-12)14(18)19/h6-7,9-10H,2-5,8H2,1H3,(H,18,19). The molecule has 5 nitrogen and oxygen atoms in total. The molecule has 1 aliphatic carbocycles. The van der Waals surface area contributed by atoms with E-state index in [1.807, 2.05) is 0 Å². The number of hydrogen-bond donors (Lipinski definition) is 1. The fraction of sp³-hybridized carbons (Fsp3) is 0.500. The molecule has 1 aromatic rings. The SMILES string of the molecule is CN(C(=O)CC1CCCC1)c1ccc(C(=O)O)cn1. The largest absolute Gasteiger partial charge is 0.478 e.